The predicted octanol–water partition coefficient (Wildman–Crippen LogP) is 1.37. The highest BCUT2D eigenvalue weighted by atomic mass is 16.3. The summed E-state index contributed by atoms with van der Waals surface area (Å²) in [6, 6.07) is 6.91. The summed E-state index contributed by atoms with van der Waals surface area (Å²) in [6.45, 7) is 6.40. The Bertz CT molecular complexity index is 543. The highest BCUT2D eigenvalue weighted by Gasteiger charge is 2.25. The molecule has 106 valence electrons. The number of nitrogens with zero attached hydrogens (tertiary/aromatic N) is 3. The van der Waals surface area contributed by atoms with Crippen molar-refractivity contribution < 1.29 is 9.90 Å². The third-order valence-electron chi connectivity index (χ3n) is 3.78. The zero-order valence-corrected chi connectivity index (χ0v) is 11.8. The van der Waals surface area contributed by atoms with Gasteiger partial charge in [0, 0.05) is 31.7 Å². The molecule has 1 aliphatic rings. The van der Waals surface area contributed by atoms with Crippen LogP contribution in [0.2, 0.25) is 0 Å². The van der Waals surface area contributed by atoms with E-state index in [4.69, 9.17) is 5.26 Å². The minimum atomic E-state index is -0.109. The second-order valence-electron chi connectivity index (χ2n) is 5.13. The standard InChI is InChI=1S/C15H19N3O2/c1-11-9-13(19)3-4-14(11)15(20)18-7-5-17(6-8-18)12(2)10-16/h3-4,9,12,19H,5-8H2,1-2H3. The molecule has 1 unspecified atom stereocenters. The average Bonchev–Trinajstić information content (AvgIpc) is 2.46. The summed E-state index contributed by atoms with van der Waals surface area (Å²) in [5, 5.41) is 18.3. The molecule has 0 saturated carbocycles. The summed E-state index contributed by atoms with van der Waals surface area (Å²) in [7, 11) is 0. The molecule has 1 amide bonds. The first-order chi connectivity index (χ1) is 9.52. The maximum Gasteiger partial charge on any atom is 0.254 e. The number of hydrogen-bond acceptors (Lipinski definition) is 4. The van der Waals surface area contributed by atoms with Gasteiger partial charge in [0.2, 0.25) is 0 Å². The fraction of sp³-hybridized carbons (Fsp3) is 0.467. The molecule has 1 aliphatic heterocycles. The van der Waals surface area contributed by atoms with Crippen molar-refractivity contribution in [1.29, 1.82) is 5.26 Å². The van der Waals surface area contributed by atoms with Gasteiger partial charge in [0.1, 0.15) is 5.75 Å². The minimum absolute atomic E-state index is 0.00763. The molecular formula is C15H19N3O2. The van der Waals surface area contributed by atoms with Crippen LogP contribution in [0.5, 0.6) is 5.75 Å². The van der Waals surface area contributed by atoms with E-state index in [1.807, 2.05) is 13.8 Å². The van der Waals surface area contributed by atoms with Gasteiger partial charge in [-0.05, 0) is 37.6 Å². The molecule has 1 fully saturated rings. The predicted molar refractivity (Wildman–Crippen MR) is 75.4 cm³/mol. The lowest BCUT2D eigenvalue weighted by Crippen LogP contribution is -2.51. The third-order valence-corrected chi connectivity index (χ3v) is 3.78. The monoisotopic (exact) mass is 273 g/mol. The van der Waals surface area contributed by atoms with Gasteiger partial charge >= 0.3 is 0 Å². The van der Waals surface area contributed by atoms with Crippen LogP contribution >= 0.6 is 0 Å². The van der Waals surface area contributed by atoms with Gasteiger partial charge in [0.15, 0.2) is 0 Å². The van der Waals surface area contributed by atoms with Gasteiger partial charge in [-0.3, -0.25) is 9.69 Å². The molecule has 1 aromatic carbocycles. The topological polar surface area (TPSA) is 67.6 Å². The third kappa shape index (κ3) is 2.91. The Morgan fingerprint density at radius 2 is 2.00 bits per heavy atom. The van der Waals surface area contributed by atoms with Crippen molar-refractivity contribution >= 4 is 5.91 Å². The van der Waals surface area contributed by atoms with E-state index < -0.39 is 0 Å². The normalized spacial score (nSPS) is 17.6. The van der Waals surface area contributed by atoms with Crippen LogP contribution in [-0.4, -0.2) is 53.0 Å². The second-order valence-corrected chi connectivity index (χ2v) is 5.13. The van der Waals surface area contributed by atoms with Gasteiger partial charge in [-0.25, -0.2) is 0 Å². The highest BCUT2D eigenvalue weighted by molar-refractivity contribution is 5.95. The molecule has 1 heterocycles. The van der Waals surface area contributed by atoms with Gasteiger partial charge in [0.25, 0.3) is 5.91 Å². The molecule has 1 aromatic rings. The number of amides is 1. The highest BCUT2D eigenvalue weighted by Crippen LogP contribution is 2.18. The summed E-state index contributed by atoms with van der Waals surface area (Å²) >= 11 is 0. The van der Waals surface area contributed by atoms with Crippen molar-refractivity contribution in [3.8, 4) is 11.8 Å². The number of benzene rings is 1. The van der Waals surface area contributed by atoms with Crippen LogP contribution in [-0.2, 0) is 0 Å². The Hall–Kier alpha value is -2.06. The lowest BCUT2D eigenvalue weighted by atomic mass is 10.1. The molecule has 0 spiro atoms. The van der Waals surface area contributed by atoms with Crippen LogP contribution in [0.3, 0.4) is 0 Å². The number of carbonyl (C=O) groups excluding carboxylic acids is 1. The lowest BCUT2D eigenvalue weighted by Gasteiger charge is -2.36. The fourth-order valence-corrected chi connectivity index (χ4v) is 2.45. The van der Waals surface area contributed by atoms with Crippen molar-refractivity contribution in [2.75, 3.05) is 26.2 Å². The first kappa shape index (κ1) is 14.4. The molecular weight excluding hydrogens is 254 g/mol. The van der Waals surface area contributed by atoms with E-state index in [2.05, 4.69) is 11.0 Å². The first-order valence-electron chi connectivity index (χ1n) is 6.75. The van der Waals surface area contributed by atoms with E-state index in [1.54, 1.807) is 17.0 Å². The molecule has 1 atom stereocenters. The number of aromatic hydroxyl groups is 1. The van der Waals surface area contributed by atoms with Crippen LogP contribution < -0.4 is 0 Å². The molecule has 1 saturated heterocycles. The van der Waals surface area contributed by atoms with Gasteiger partial charge in [-0.2, -0.15) is 5.26 Å². The summed E-state index contributed by atoms with van der Waals surface area (Å²) < 4.78 is 0. The first-order valence-corrected chi connectivity index (χ1v) is 6.75. The second kappa shape index (κ2) is 5.93. The van der Waals surface area contributed by atoms with E-state index in [0.717, 1.165) is 18.7 Å². The molecule has 5 heteroatoms. The van der Waals surface area contributed by atoms with Crippen LogP contribution in [0.15, 0.2) is 18.2 Å². The van der Waals surface area contributed by atoms with Gasteiger partial charge in [-0.1, -0.05) is 0 Å². The molecule has 0 aliphatic carbocycles. The summed E-state index contributed by atoms with van der Waals surface area (Å²) in [5.41, 5.74) is 1.41. The van der Waals surface area contributed by atoms with Crippen molar-refractivity contribution in [2.24, 2.45) is 0 Å². The van der Waals surface area contributed by atoms with E-state index in [0.29, 0.717) is 18.7 Å². The smallest absolute Gasteiger partial charge is 0.254 e. The molecule has 0 bridgehead atoms. The zero-order valence-electron chi connectivity index (χ0n) is 11.8. The van der Waals surface area contributed by atoms with Crippen molar-refractivity contribution in [3.63, 3.8) is 0 Å². The molecule has 0 aromatic heterocycles. The van der Waals surface area contributed by atoms with Crippen molar-refractivity contribution in [2.45, 2.75) is 19.9 Å². The SMILES string of the molecule is Cc1cc(O)ccc1C(=O)N1CCN(C(C)C#N)CC1. The quantitative estimate of drug-likeness (QED) is 0.883. The molecule has 1 N–H and O–H groups in total. The van der Waals surface area contributed by atoms with Crippen LogP contribution in [0.25, 0.3) is 0 Å². The largest absolute Gasteiger partial charge is 0.508 e. The minimum Gasteiger partial charge on any atom is -0.508 e. The summed E-state index contributed by atoms with van der Waals surface area (Å²) in [4.78, 5) is 16.3. The zero-order chi connectivity index (χ0) is 14.7. The van der Waals surface area contributed by atoms with Crippen LogP contribution in [0, 0.1) is 18.3 Å². The Kier molecular flexibility index (Phi) is 4.26. The van der Waals surface area contributed by atoms with E-state index in [9.17, 15) is 9.90 Å². The average molecular weight is 273 g/mol. The van der Waals surface area contributed by atoms with Crippen LogP contribution in [0.4, 0.5) is 0 Å². The number of aryl methyl sites for hydroxylation is 1. The molecule has 2 rings (SSSR count). The number of rotatable bonds is 2. The van der Waals surface area contributed by atoms with Gasteiger partial charge < -0.3 is 10.0 Å². The molecule has 5 nitrogen and oxygen atoms in total. The van der Waals surface area contributed by atoms with E-state index >= 15 is 0 Å². The van der Waals surface area contributed by atoms with Gasteiger partial charge in [0.05, 0.1) is 12.1 Å². The van der Waals surface area contributed by atoms with Gasteiger partial charge in [-0.15, -0.1) is 0 Å². The Balaban J connectivity index is 2.04. The summed E-state index contributed by atoms with van der Waals surface area (Å²) in [5.74, 6) is 0.165. The summed E-state index contributed by atoms with van der Waals surface area (Å²) in [6.07, 6.45) is 0. The lowest BCUT2D eigenvalue weighted by molar-refractivity contribution is 0.0615. The van der Waals surface area contributed by atoms with Crippen molar-refractivity contribution in [3.05, 3.63) is 29.3 Å². The number of hydrogen-bond donors (Lipinski definition) is 1. The van der Waals surface area contributed by atoms with E-state index in [1.165, 1.54) is 6.07 Å². The van der Waals surface area contributed by atoms with Crippen LogP contribution in [0.1, 0.15) is 22.8 Å². The number of nitriles is 1. The molecule has 20 heavy (non-hydrogen) atoms. The Labute approximate surface area is 119 Å². The number of phenols is 1. The van der Waals surface area contributed by atoms with E-state index in [-0.39, 0.29) is 17.7 Å². The molecule has 0 radical (unpaired) electrons. The fourth-order valence-electron chi connectivity index (χ4n) is 2.45. The number of phenolic OH excluding ortho intramolecular Hbond substituents is 1. The Morgan fingerprint density at radius 1 is 1.35 bits per heavy atom. The maximum absolute atomic E-state index is 12.4. The number of piperazine rings is 1. The number of carbonyl (C=O) groups is 1. The Morgan fingerprint density at radius 3 is 2.55 bits per heavy atom. The van der Waals surface area contributed by atoms with Crippen molar-refractivity contribution in [1.82, 2.24) is 9.80 Å². The maximum atomic E-state index is 12.4.